The van der Waals surface area contributed by atoms with E-state index < -0.39 is 5.60 Å². The molecule has 0 unspecified atom stereocenters. The van der Waals surface area contributed by atoms with Crippen molar-refractivity contribution in [1.29, 1.82) is 0 Å². The lowest BCUT2D eigenvalue weighted by molar-refractivity contribution is 0.0836. The Bertz CT molecular complexity index is 740. The molecule has 3 rings (SSSR count). The summed E-state index contributed by atoms with van der Waals surface area (Å²) in [6, 6.07) is 11.7. The summed E-state index contributed by atoms with van der Waals surface area (Å²) in [5, 5.41) is 0. The van der Waals surface area contributed by atoms with E-state index in [4.69, 9.17) is 4.74 Å². The van der Waals surface area contributed by atoms with Crippen molar-refractivity contribution in [1.82, 2.24) is 0 Å². The average molecular weight is 299 g/mol. The summed E-state index contributed by atoms with van der Waals surface area (Å²) in [5.41, 5.74) is 1.41. The summed E-state index contributed by atoms with van der Waals surface area (Å²) in [6.07, 6.45) is 0. The summed E-state index contributed by atoms with van der Waals surface area (Å²) in [5.74, 6) is 0.213. The van der Waals surface area contributed by atoms with E-state index in [2.05, 4.69) is 0 Å². The third-order valence-electron chi connectivity index (χ3n) is 3.75. The number of anilines is 1. The zero-order chi connectivity index (χ0) is 15.9. The minimum absolute atomic E-state index is 0.138. The highest BCUT2D eigenvalue weighted by Gasteiger charge is 2.35. The SMILES string of the molecule is Cc1cc(F)ccc1C(=O)N1CC(C)(C)Oc2ccccc21. The topological polar surface area (TPSA) is 29.5 Å². The molecule has 0 spiro atoms. The first-order valence-electron chi connectivity index (χ1n) is 7.23. The number of carbonyl (C=O) groups is 1. The van der Waals surface area contributed by atoms with Crippen molar-refractivity contribution in [3.63, 3.8) is 0 Å². The van der Waals surface area contributed by atoms with Gasteiger partial charge in [0.2, 0.25) is 0 Å². The van der Waals surface area contributed by atoms with Gasteiger partial charge >= 0.3 is 0 Å². The monoisotopic (exact) mass is 299 g/mol. The van der Waals surface area contributed by atoms with Crippen LogP contribution >= 0.6 is 0 Å². The molecule has 0 bridgehead atoms. The molecule has 0 atom stereocenters. The van der Waals surface area contributed by atoms with Crippen LogP contribution in [0.15, 0.2) is 42.5 Å². The molecule has 0 fully saturated rings. The Morgan fingerprint density at radius 3 is 2.68 bits per heavy atom. The second kappa shape index (κ2) is 5.13. The second-order valence-corrected chi connectivity index (χ2v) is 6.18. The Hall–Kier alpha value is -2.36. The van der Waals surface area contributed by atoms with Crippen LogP contribution in [0.4, 0.5) is 10.1 Å². The molecular weight excluding hydrogens is 281 g/mol. The second-order valence-electron chi connectivity index (χ2n) is 6.18. The van der Waals surface area contributed by atoms with E-state index >= 15 is 0 Å². The summed E-state index contributed by atoms with van der Waals surface area (Å²) < 4.78 is 19.2. The summed E-state index contributed by atoms with van der Waals surface area (Å²) in [4.78, 5) is 14.6. The highest BCUT2D eigenvalue weighted by atomic mass is 19.1. The van der Waals surface area contributed by atoms with Gasteiger partial charge in [0.25, 0.3) is 5.91 Å². The quantitative estimate of drug-likeness (QED) is 0.798. The van der Waals surface area contributed by atoms with Crippen molar-refractivity contribution >= 4 is 11.6 Å². The summed E-state index contributed by atoms with van der Waals surface area (Å²) in [7, 11) is 0. The number of halogens is 1. The van der Waals surface area contributed by atoms with Crippen LogP contribution in [0.1, 0.15) is 29.8 Å². The molecule has 0 aliphatic carbocycles. The zero-order valence-electron chi connectivity index (χ0n) is 12.9. The van der Waals surface area contributed by atoms with Crippen LogP contribution in [-0.4, -0.2) is 18.1 Å². The number of hydrogen-bond acceptors (Lipinski definition) is 2. The number of ether oxygens (including phenoxy) is 1. The maximum atomic E-state index is 13.3. The van der Waals surface area contributed by atoms with E-state index in [1.165, 1.54) is 18.2 Å². The predicted molar refractivity (Wildman–Crippen MR) is 84.0 cm³/mol. The van der Waals surface area contributed by atoms with Crippen molar-refractivity contribution in [2.75, 3.05) is 11.4 Å². The van der Waals surface area contributed by atoms with Crippen LogP contribution < -0.4 is 9.64 Å². The number of carbonyl (C=O) groups excluding carboxylic acids is 1. The molecular formula is C18H18FNO2. The fourth-order valence-electron chi connectivity index (χ4n) is 2.76. The molecule has 22 heavy (non-hydrogen) atoms. The number of para-hydroxylation sites is 2. The van der Waals surface area contributed by atoms with Crippen LogP contribution in [0.5, 0.6) is 5.75 Å². The molecule has 0 saturated carbocycles. The maximum Gasteiger partial charge on any atom is 0.258 e. The van der Waals surface area contributed by atoms with Crippen molar-refractivity contribution in [2.24, 2.45) is 0 Å². The third-order valence-corrected chi connectivity index (χ3v) is 3.75. The van der Waals surface area contributed by atoms with Gasteiger partial charge in [0.1, 0.15) is 17.2 Å². The van der Waals surface area contributed by atoms with Gasteiger partial charge in [-0.1, -0.05) is 12.1 Å². The molecule has 3 nitrogen and oxygen atoms in total. The number of amides is 1. The molecule has 0 aromatic heterocycles. The highest BCUT2D eigenvalue weighted by Crippen LogP contribution is 2.37. The molecule has 1 amide bonds. The fraction of sp³-hybridized carbons (Fsp3) is 0.278. The van der Waals surface area contributed by atoms with Crippen molar-refractivity contribution in [3.05, 3.63) is 59.4 Å². The fourth-order valence-corrected chi connectivity index (χ4v) is 2.76. The highest BCUT2D eigenvalue weighted by molar-refractivity contribution is 6.08. The Labute approximate surface area is 129 Å². The molecule has 0 radical (unpaired) electrons. The van der Waals surface area contributed by atoms with Crippen LogP contribution in [0, 0.1) is 12.7 Å². The van der Waals surface area contributed by atoms with E-state index in [1.54, 1.807) is 11.8 Å². The molecule has 4 heteroatoms. The molecule has 1 heterocycles. The number of fused-ring (bicyclic) bond motifs is 1. The summed E-state index contributed by atoms with van der Waals surface area (Å²) in [6.45, 7) is 6.08. The lowest BCUT2D eigenvalue weighted by Crippen LogP contribution is -2.49. The lowest BCUT2D eigenvalue weighted by atomic mass is 10.0. The van der Waals surface area contributed by atoms with Crippen molar-refractivity contribution in [3.8, 4) is 5.75 Å². The first-order valence-corrected chi connectivity index (χ1v) is 7.23. The van der Waals surface area contributed by atoms with E-state index in [0.717, 1.165) is 5.69 Å². The maximum absolute atomic E-state index is 13.3. The van der Waals surface area contributed by atoms with Crippen LogP contribution in [0.3, 0.4) is 0 Å². The minimum Gasteiger partial charge on any atom is -0.484 e. The Kier molecular flexibility index (Phi) is 3.39. The van der Waals surface area contributed by atoms with Crippen molar-refractivity contribution < 1.29 is 13.9 Å². The Morgan fingerprint density at radius 1 is 1.23 bits per heavy atom. The molecule has 1 aliphatic rings. The van der Waals surface area contributed by atoms with Gasteiger partial charge in [-0.2, -0.15) is 0 Å². The number of aryl methyl sites for hydroxylation is 1. The predicted octanol–water partition coefficient (Wildman–Crippen LogP) is 3.95. The molecule has 0 N–H and O–H groups in total. The van der Waals surface area contributed by atoms with Gasteiger partial charge in [0.05, 0.1) is 12.2 Å². The Morgan fingerprint density at radius 2 is 1.95 bits per heavy atom. The molecule has 2 aromatic rings. The normalized spacial score (nSPS) is 15.9. The number of benzene rings is 2. The molecule has 114 valence electrons. The molecule has 2 aromatic carbocycles. The number of nitrogens with zero attached hydrogens (tertiary/aromatic N) is 1. The van der Waals surface area contributed by atoms with Gasteiger partial charge in [0, 0.05) is 5.56 Å². The third kappa shape index (κ3) is 2.56. The van der Waals surface area contributed by atoms with Crippen LogP contribution in [0.25, 0.3) is 0 Å². The van der Waals surface area contributed by atoms with E-state index in [1.807, 2.05) is 38.1 Å². The number of rotatable bonds is 1. The van der Waals surface area contributed by atoms with E-state index in [0.29, 0.717) is 23.4 Å². The van der Waals surface area contributed by atoms with E-state index in [-0.39, 0.29) is 11.7 Å². The smallest absolute Gasteiger partial charge is 0.258 e. The largest absolute Gasteiger partial charge is 0.484 e. The van der Waals surface area contributed by atoms with Gasteiger partial charge in [-0.3, -0.25) is 4.79 Å². The first-order chi connectivity index (χ1) is 10.4. The number of hydrogen-bond donors (Lipinski definition) is 0. The van der Waals surface area contributed by atoms with Gasteiger partial charge in [-0.05, 0) is 56.7 Å². The zero-order valence-corrected chi connectivity index (χ0v) is 12.9. The Balaban J connectivity index is 2.05. The van der Waals surface area contributed by atoms with Gasteiger partial charge < -0.3 is 9.64 Å². The van der Waals surface area contributed by atoms with Crippen LogP contribution in [-0.2, 0) is 0 Å². The standard InChI is InChI=1S/C18H18FNO2/c1-12-10-13(19)8-9-14(12)17(21)20-11-18(2,3)22-16-7-5-4-6-15(16)20/h4-10H,11H2,1-3H3. The molecule has 1 aliphatic heterocycles. The van der Waals surface area contributed by atoms with Gasteiger partial charge in [-0.15, -0.1) is 0 Å². The van der Waals surface area contributed by atoms with Gasteiger partial charge in [-0.25, -0.2) is 4.39 Å². The molecule has 0 saturated heterocycles. The van der Waals surface area contributed by atoms with Crippen LogP contribution in [0.2, 0.25) is 0 Å². The summed E-state index contributed by atoms with van der Waals surface area (Å²) >= 11 is 0. The average Bonchev–Trinajstić information content (AvgIpc) is 2.44. The van der Waals surface area contributed by atoms with Gasteiger partial charge in [0.15, 0.2) is 0 Å². The first kappa shape index (κ1) is 14.6. The van der Waals surface area contributed by atoms with E-state index in [9.17, 15) is 9.18 Å². The lowest BCUT2D eigenvalue weighted by Gasteiger charge is -2.39. The minimum atomic E-state index is -0.474. The van der Waals surface area contributed by atoms with Crippen molar-refractivity contribution in [2.45, 2.75) is 26.4 Å².